The normalized spacial score (nSPS) is 16.4. The lowest BCUT2D eigenvalue weighted by molar-refractivity contribution is -0.121. The molecule has 2 heterocycles. The van der Waals surface area contributed by atoms with Crippen LogP contribution in [0.4, 0.5) is 5.69 Å². The number of aliphatic imine (C=N–C) groups is 1. The molecule has 2 aromatic carbocycles. The summed E-state index contributed by atoms with van der Waals surface area (Å²) in [5.41, 5.74) is 11.5. The molecule has 0 spiro atoms. The highest BCUT2D eigenvalue weighted by Gasteiger charge is 2.32. The van der Waals surface area contributed by atoms with Crippen LogP contribution in [-0.4, -0.2) is 69.0 Å². The number of aliphatic hydroxyl groups is 1. The third kappa shape index (κ3) is 5.93. The molecule has 0 radical (unpaired) electrons. The van der Waals surface area contributed by atoms with Crippen LogP contribution in [0, 0.1) is 6.92 Å². The molecule has 11 nitrogen and oxygen atoms in total. The molecule has 204 valence electrons. The van der Waals surface area contributed by atoms with Gasteiger partial charge in [0.05, 0.1) is 10.8 Å². The van der Waals surface area contributed by atoms with Crippen molar-refractivity contribution < 1.29 is 27.9 Å². The number of guanidine groups is 1. The molecule has 0 saturated carbocycles. The topological polar surface area (TPSA) is 169 Å². The first-order valence-corrected chi connectivity index (χ1v) is 14.2. The van der Waals surface area contributed by atoms with Gasteiger partial charge in [-0.15, -0.1) is 0 Å². The van der Waals surface area contributed by atoms with Gasteiger partial charge in [-0.1, -0.05) is 18.0 Å². The van der Waals surface area contributed by atoms with Gasteiger partial charge in [0.1, 0.15) is 23.0 Å². The molecule has 1 fully saturated rings. The van der Waals surface area contributed by atoms with E-state index < -0.39 is 40.0 Å². The maximum absolute atomic E-state index is 13.5. The van der Waals surface area contributed by atoms with Crippen LogP contribution in [0.2, 0.25) is 5.02 Å². The van der Waals surface area contributed by atoms with E-state index in [0.717, 1.165) is 25.9 Å². The molecular formula is C25H30ClN5O6S. The van der Waals surface area contributed by atoms with Crippen molar-refractivity contribution in [3.05, 3.63) is 46.0 Å². The number of nitrogens with zero attached hydrogens (tertiary/aromatic N) is 3. The summed E-state index contributed by atoms with van der Waals surface area (Å²) >= 11 is 6.58. The molecule has 0 bridgehead atoms. The van der Waals surface area contributed by atoms with Crippen molar-refractivity contribution in [2.45, 2.75) is 36.8 Å². The minimum absolute atomic E-state index is 0.0167. The second-order valence-electron chi connectivity index (χ2n) is 9.35. The van der Waals surface area contributed by atoms with Crippen LogP contribution in [-0.2, 0) is 20.4 Å². The SMILES string of the molecule is Cc1cc(C(=O)N=C(N)N)cc2c1Oc1c(Cl)cc(N(CCN3CCCCC3)C(=O)CO)cc1CS2(=O)=O. The highest BCUT2D eigenvalue weighted by atomic mass is 35.5. The lowest BCUT2D eigenvalue weighted by Gasteiger charge is -2.30. The third-order valence-corrected chi connectivity index (χ3v) is 8.49. The number of halogens is 1. The first-order chi connectivity index (χ1) is 18.0. The number of carbonyl (C=O) groups excluding carboxylic acids is 2. The van der Waals surface area contributed by atoms with Crippen LogP contribution >= 0.6 is 11.6 Å². The maximum Gasteiger partial charge on any atom is 0.280 e. The molecule has 0 unspecified atom stereocenters. The number of amides is 2. The summed E-state index contributed by atoms with van der Waals surface area (Å²) in [6.45, 7) is 3.66. The quantitative estimate of drug-likeness (QED) is 0.351. The number of anilines is 1. The Kier molecular flexibility index (Phi) is 8.26. The number of fused-ring (bicyclic) bond motifs is 2. The summed E-state index contributed by atoms with van der Waals surface area (Å²) in [6.07, 6.45) is 3.36. The largest absolute Gasteiger partial charge is 0.454 e. The van der Waals surface area contributed by atoms with Gasteiger partial charge in [0.2, 0.25) is 0 Å². The molecule has 0 atom stereocenters. The van der Waals surface area contributed by atoms with E-state index in [1.165, 1.54) is 35.6 Å². The Morgan fingerprint density at radius 3 is 2.50 bits per heavy atom. The first kappa shape index (κ1) is 27.8. The number of nitrogens with two attached hydrogens (primary N) is 2. The molecule has 4 rings (SSSR count). The summed E-state index contributed by atoms with van der Waals surface area (Å²) in [7, 11) is -4.02. The molecule has 0 aliphatic carbocycles. The van der Waals surface area contributed by atoms with Crippen LogP contribution in [0.25, 0.3) is 0 Å². The summed E-state index contributed by atoms with van der Waals surface area (Å²) in [5.74, 6) is -2.09. The van der Waals surface area contributed by atoms with E-state index in [2.05, 4.69) is 9.89 Å². The Morgan fingerprint density at radius 1 is 1.13 bits per heavy atom. The van der Waals surface area contributed by atoms with E-state index in [1.54, 1.807) is 6.92 Å². The van der Waals surface area contributed by atoms with E-state index in [1.807, 2.05) is 0 Å². The van der Waals surface area contributed by atoms with Crippen LogP contribution in [0.5, 0.6) is 11.5 Å². The van der Waals surface area contributed by atoms with Crippen LogP contribution in [0.3, 0.4) is 0 Å². The molecule has 38 heavy (non-hydrogen) atoms. The number of aliphatic hydroxyl groups excluding tert-OH is 1. The number of benzene rings is 2. The maximum atomic E-state index is 13.5. The van der Waals surface area contributed by atoms with E-state index in [9.17, 15) is 23.1 Å². The predicted molar refractivity (Wildman–Crippen MR) is 143 cm³/mol. The Morgan fingerprint density at radius 2 is 1.84 bits per heavy atom. The average molecular weight is 564 g/mol. The number of sulfone groups is 1. The molecule has 0 aromatic heterocycles. The molecule has 2 aliphatic heterocycles. The predicted octanol–water partition coefficient (Wildman–Crippen LogP) is 1.95. The molecule has 2 aliphatic rings. The zero-order chi connectivity index (χ0) is 27.6. The summed E-state index contributed by atoms with van der Waals surface area (Å²) in [6, 6.07) is 5.66. The van der Waals surface area contributed by atoms with Gasteiger partial charge in [-0.3, -0.25) is 9.59 Å². The van der Waals surface area contributed by atoms with Crippen molar-refractivity contribution in [2.75, 3.05) is 37.7 Å². The molecule has 2 amide bonds. The lowest BCUT2D eigenvalue weighted by atomic mass is 10.1. The number of rotatable bonds is 6. The number of likely N-dealkylation sites (tertiary alicyclic amines) is 1. The third-order valence-electron chi connectivity index (χ3n) is 6.54. The van der Waals surface area contributed by atoms with Gasteiger partial charge >= 0.3 is 0 Å². The number of hydrogen-bond donors (Lipinski definition) is 3. The van der Waals surface area contributed by atoms with E-state index in [-0.39, 0.29) is 32.5 Å². The van der Waals surface area contributed by atoms with Gasteiger partial charge in [0.15, 0.2) is 15.8 Å². The van der Waals surface area contributed by atoms with Gasteiger partial charge < -0.3 is 31.1 Å². The monoisotopic (exact) mass is 563 g/mol. The highest BCUT2D eigenvalue weighted by molar-refractivity contribution is 7.90. The van der Waals surface area contributed by atoms with Crippen molar-refractivity contribution in [3.63, 3.8) is 0 Å². The van der Waals surface area contributed by atoms with Gasteiger partial charge in [-0.05, 0) is 62.7 Å². The lowest BCUT2D eigenvalue weighted by Crippen LogP contribution is -2.41. The van der Waals surface area contributed by atoms with Crippen LogP contribution < -0.4 is 21.1 Å². The second kappa shape index (κ2) is 11.3. The number of piperidine rings is 1. The Labute approximate surface area is 225 Å². The second-order valence-corrected chi connectivity index (χ2v) is 11.7. The zero-order valence-electron chi connectivity index (χ0n) is 20.9. The minimum Gasteiger partial charge on any atom is -0.454 e. The van der Waals surface area contributed by atoms with E-state index >= 15 is 0 Å². The Bertz CT molecular complexity index is 1400. The fraction of sp³-hybridized carbons (Fsp3) is 0.400. The Balaban J connectivity index is 1.72. The number of carbonyl (C=O) groups is 2. The molecule has 13 heteroatoms. The first-order valence-electron chi connectivity index (χ1n) is 12.2. The summed E-state index contributed by atoms with van der Waals surface area (Å²) < 4.78 is 33.0. The minimum atomic E-state index is -4.02. The standard InChI is InChI=1S/C25H30ClN5O6S/c1-15-9-16(24(34)29-25(27)28)11-20-22(15)37-23-17(14-38(20,35)36)10-18(12-19(23)26)31(21(33)13-32)8-7-30-5-3-2-4-6-30/h9-12,32H,2-8,13-14H2,1H3,(H4,27,28,29,34). The molecule has 5 N–H and O–H groups in total. The van der Waals surface area contributed by atoms with Crippen molar-refractivity contribution in [2.24, 2.45) is 16.5 Å². The fourth-order valence-corrected chi connectivity index (χ4v) is 6.56. The van der Waals surface area contributed by atoms with Gasteiger partial charge in [0.25, 0.3) is 11.8 Å². The summed E-state index contributed by atoms with van der Waals surface area (Å²) in [5, 5.41) is 9.71. The number of aryl methyl sites for hydroxylation is 1. The highest BCUT2D eigenvalue weighted by Crippen LogP contribution is 2.45. The van der Waals surface area contributed by atoms with E-state index in [4.69, 9.17) is 27.8 Å². The van der Waals surface area contributed by atoms with Gasteiger partial charge in [0, 0.05) is 29.9 Å². The fourth-order valence-electron chi connectivity index (χ4n) is 4.71. The summed E-state index contributed by atoms with van der Waals surface area (Å²) in [4.78, 5) is 32.0. The van der Waals surface area contributed by atoms with Crippen molar-refractivity contribution in [1.29, 1.82) is 0 Å². The number of ether oxygens (including phenoxy) is 1. The molecule has 2 aromatic rings. The van der Waals surface area contributed by atoms with Crippen LogP contribution in [0.15, 0.2) is 34.2 Å². The van der Waals surface area contributed by atoms with Crippen molar-refractivity contribution in [3.8, 4) is 11.5 Å². The number of hydrogen-bond acceptors (Lipinski definition) is 7. The average Bonchev–Trinajstić information content (AvgIpc) is 2.98. The van der Waals surface area contributed by atoms with Gasteiger partial charge in [-0.25, -0.2) is 8.42 Å². The Hall–Kier alpha value is -3.19. The van der Waals surface area contributed by atoms with Gasteiger partial charge in [-0.2, -0.15) is 4.99 Å². The smallest absolute Gasteiger partial charge is 0.280 e. The van der Waals surface area contributed by atoms with E-state index in [0.29, 0.717) is 24.3 Å². The zero-order valence-corrected chi connectivity index (χ0v) is 22.5. The molecular weight excluding hydrogens is 534 g/mol. The van der Waals surface area contributed by atoms with Crippen LogP contribution in [0.1, 0.15) is 40.7 Å². The van der Waals surface area contributed by atoms with Crippen molar-refractivity contribution in [1.82, 2.24) is 4.90 Å². The molecule has 1 saturated heterocycles. The van der Waals surface area contributed by atoms with Crippen molar-refractivity contribution >= 4 is 44.9 Å².